The van der Waals surface area contributed by atoms with Crippen LogP contribution in [-0.4, -0.2) is 17.8 Å². The molecule has 0 aromatic heterocycles. The third-order valence-electron chi connectivity index (χ3n) is 2.16. The van der Waals surface area contributed by atoms with Gasteiger partial charge in [0.25, 0.3) is 0 Å². The molecular weight excluding hydrogens is 233 g/mol. The van der Waals surface area contributed by atoms with Crippen molar-refractivity contribution in [3.8, 4) is 0 Å². The van der Waals surface area contributed by atoms with Gasteiger partial charge in [0.15, 0.2) is 0 Å². The van der Waals surface area contributed by atoms with Crippen molar-refractivity contribution < 1.29 is 5.11 Å². The van der Waals surface area contributed by atoms with Gasteiger partial charge in [0, 0.05) is 12.6 Å². The second kappa shape index (κ2) is 5.71. The molecule has 0 amide bonds. The molecule has 84 valence electrons. The van der Waals surface area contributed by atoms with Crippen LogP contribution in [0.5, 0.6) is 0 Å². The van der Waals surface area contributed by atoms with Crippen molar-refractivity contribution in [1.82, 2.24) is 5.32 Å². The largest absolute Gasteiger partial charge is 0.392 e. The highest BCUT2D eigenvalue weighted by atomic mass is 35.5. The lowest BCUT2D eigenvalue weighted by Gasteiger charge is -2.15. The zero-order valence-electron chi connectivity index (χ0n) is 8.80. The van der Waals surface area contributed by atoms with Gasteiger partial charge in [0.1, 0.15) is 0 Å². The predicted molar refractivity (Wildman–Crippen MR) is 64.6 cm³/mol. The molecule has 1 rings (SSSR count). The van der Waals surface area contributed by atoms with E-state index in [9.17, 15) is 0 Å². The quantitative estimate of drug-likeness (QED) is 0.858. The minimum Gasteiger partial charge on any atom is -0.392 e. The molecule has 0 aliphatic heterocycles. The molecule has 0 saturated heterocycles. The second-order valence-corrected chi connectivity index (χ2v) is 4.47. The summed E-state index contributed by atoms with van der Waals surface area (Å²) in [7, 11) is 0. The molecule has 0 radical (unpaired) electrons. The number of benzene rings is 1. The van der Waals surface area contributed by atoms with E-state index in [1.54, 1.807) is 13.0 Å². The van der Waals surface area contributed by atoms with Crippen LogP contribution >= 0.6 is 23.2 Å². The van der Waals surface area contributed by atoms with Gasteiger partial charge >= 0.3 is 0 Å². The lowest BCUT2D eigenvalue weighted by molar-refractivity contribution is 0.187. The Morgan fingerprint density at radius 3 is 2.47 bits per heavy atom. The van der Waals surface area contributed by atoms with E-state index in [0.717, 1.165) is 5.56 Å². The van der Waals surface area contributed by atoms with Gasteiger partial charge in [-0.05, 0) is 31.5 Å². The smallest absolute Gasteiger partial charge is 0.0636 e. The van der Waals surface area contributed by atoms with Crippen LogP contribution in [0.1, 0.15) is 25.5 Å². The maximum atomic E-state index is 9.14. The summed E-state index contributed by atoms with van der Waals surface area (Å²) < 4.78 is 0. The Morgan fingerprint density at radius 2 is 1.93 bits per heavy atom. The second-order valence-electron chi connectivity index (χ2n) is 3.65. The molecule has 2 nitrogen and oxygen atoms in total. The maximum absolute atomic E-state index is 9.14. The number of halogens is 2. The number of hydrogen-bond donors (Lipinski definition) is 2. The lowest BCUT2D eigenvalue weighted by atomic mass is 10.1. The zero-order chi connectivity index (χ0) is 11.4. The Labute approximate surface area is 100 Å². The van der Waals surface area contributed by atoms with Gasteiger partial charge in [0.05, 0.1) is 16.1 Å². The molecule has 2 atom stereocenters. The summed E-state index contributed by atoms with van der Waals surface area (Å²) in [6, 6.07) is 5.69. The molecule has 0 aliphatic carbocycles. The third kappa shape index (κ3) is 3.99. The van der Waals surface area contributed by atoms with Gasteiger partial charge < -0.3 is 10.4 Å². The normalized spacial score (nSPS) is 15.0. The molecule has 0 spiro atoms. The van der Waals surface area contributed by atoms with E-state index in [1.165, 1.54) is 0 Å². The molecule has 1 aromatic carbocycles. The van der Waals surface area contributed by atoms with Crippen molar-refractivity contribution in [2.24, 2.45) is 0 Å². The topological polar surface area (TPSA) is 32.3 Å². The highest BCUT2D eigenvalue weighted by molar-refractivity contribution is 6.42. The molecule has 2 N–H and O–H groups in total. The van der Waals surface area contributed by atoms with Crippen LogP contribution in [0.4, 0.5) is 0 Å². The van der Waals surface area contributed by atoms with Gasteiger partial charge in [-0.2, -0.15) is 0 Å². The fraction of sp³-hybridized carbons (Fsp3) is 0.455. The summed E-state index contributed by atoms with van der Waals surface area (Å²) in [6.07, 6.45) is -0.352. The summed E-state index contributed by atoms with van der Waals surface area (Å²) in [4.78, 5) is 0. The van der Waals surface area contributed by atoms with Crippen molar-refractivity contribution in [1.29, 1.82) is 0 Å². The Morgan fingerprint density at radius 1 is 1.27 bits per heavy atom. The first-order valence-corrected chi connectivity index (χ1v) is 5.62. The Bertz CT molecular complexity index is 328. The first-order valence-electron chi connectivity index (χ1n) is 4.87. The minimum absolute atomic E-state index is 0.148. The Hall–Kier alpha value is -0.280. The van der Waals surface area contributed by atoms with E-state index in [0.29, 0.717) is 16.6 Å². The van der Waals surface area contributed by atoms with E-state index in [4.69, 9.17) is 28.3 Å². The number of rotatable bonds is 4. The molecule has 0 bridgehead atoms. The fourth-order valence-electron chi connectivity index (χ4n) is 1.25. The minimum atomic E-state index is -0.352. The standard InChI is InChI=1S/C11H15Cl2NO/c1-7(15)6-14-8(2)9-3-4-10(12)11(13)5-9/h3-5,7-8,14-15H,6H2,1-2H3/t7-,8?/m0/s1. The fourth-order valence-corrected chi connectivity index (χ4v) is 1.55. The lowest BCUT2D eigenvalue weighted by Crippen LogP contribution is -2.27. The molecule has 4 heteroatoms. The van der Waals surface area contributed by atoms with Crippen LogP contribution in [0.15, 0.2) is 18.2 Å². The summed E-state index contributed by atoms with van der Waals surface area (Å²) in [6.45, 7) is 4.32. The SMILES string of the molecule is CC(NC[C@H](C)O)c1ccc(Cl)c(Cl)c1. The van der Waals surface area contributed by atoms with E-state index in [-0.39, 0.29) is 12.1 Å². The van der Waals surface area contributed by atoms with Gasteiger partial charge in [-0.1, -0.05) is 29.3 Å². The molecular formula is C11H15Cl2NO. The number of aliphatic hydroxyl groups excluding tert-OH is 1. The van der Waals surface area contributed by atoms with Crippen LogP contribution < -0.4 is 5.32 Å². The molecule has 0 fully saturated rings. The van der Waals surface area contributed by atoms with Crippen molar-refractivity contribution in [2.75, 3.05) is 6.54 Å². The number of nitrogens with one attached hydrogen (secondary N) is 1. The van der Waals surface area contributed by atoms with Crippen LogP contribution in [0.3, 0.4) is 0 Å². The highest BCUT2D eigenvalue weighted by Gasteiger charge is 2.07. The van der Waals surface area contributed by atoms with Crippen molar-refractivity contribution in [3.05, 3.63) is 33.8 Å². The van der Waals surface area contributed by atoms with Gasteiger partial charge in [-0.3, -0.25) is 0 Å². The number of hydrogen-bond acceptors (Lipinski definition) is 2. The first kappa shape index (κ1) is 12.8. The van der Waals surface area contributed by atoms with Crippen LogP contribution in [-0.2, 0) is 0 Å². The Balaban J connectivity index is 2.65. The van der Waals surface area contributed by atoms with Crippen molar-refractivity contribution in [3.63, 3.8) is 0 Å². The molecule has 1 unspecified atom stereocenters. The van der Waals surface area contributed by atoms with Crippen LogP contribution in [0, 0.1) is 0 Å². The number of aliphatic hydroxyl groups is 1. The highest BCUT2D eigenvalue weighted by Crippen LogP contribution is 2.25. The summed E-state index contributed by atoms with van der Waals surface area (Å²) in [5.41, 5.74) is 1.06. The Kier molecular flexibility index (Phi) is 4.87. The van der Waals surface area contributed by atoms with E-state index in [1.807, 2.05) is 19.1 Å². The monoisotopic (exact) mass is 247 g/mol. The molecule has 15 heavy (non-hydrogen) atoms. The first-order chi connectivity index (χ1) is 7.00. The molecule has 1 aromatic rings. The van der Waals surface area contributed by atoms with Crippen LogP contribution in [0.25, 0.3) is 0 Å². The zero-order valence-corrected chi connectivity index (χ0v) is 10.3. The van der Waals surface area contributed by atoms with E-state index in [2.05, 4.69) is 5.32 Å². The summed E-state index contributed by atoms with van der Waals surface area (Å²) in [5, 5.41) is 13.4. The summed E-state index contributed by atoms with van der Waals surface area (Å²) in [5.74, 6) is 0. The van der Waals surface area contributed by atoms with Crippen LogP contribution in [0.2, 0.25) is 10.0 Å². The maximum Gasteiger partial charge on any atom is 0.0636 e. The predicted octanol–water partition coefficient (Wildman–Crippen LogP) is 3.02. The van der Waals surface area contributed by atoms with Crippen molar-refractivity contribution in [2.45, 2.75) is 26.0 Å². The van der Waals surface area contributed by atoms with Gasteiger partial charge in [0.2, 0.25) is 0 Å². The average molecular weight is 248 g/mol. The molecule has 0 aliphatic rings. The average Bonchev–Trinajstić information content (AvgIpc) is 2.18. The van der Waals surface area contributed by atoms with E-state index < -0.39 is 0 Å². The van der Waals surface area contributed by atoms with E-state index >= 15 is 0 Å². The molecule has 0 saturated carbocycles. The van der Waals surface area contributed by atoms with Crippen molar-refractivity contribution >= 4 is 23.2 Å². The third-order valence-corrected chi connectivity index (χ3v) is 2.90. The van der Waals surface area contributed by atoms with Gasteiger partial charge in [-0.15, -0.1) is 0 Å². The summed E-state index contributed by atoms with van der Waals surface area (Å²) >= 11 is 11.7. The molecule has 0 heterocycles. The van der Waals surface area contributed by atoms with Gasteiger partial charge in [-0.25, -0.2) is 0 Å².